The number of oxime groups is 1. The second kappa shape index (κ2) is 14.6. The molecule has 36 heavy (non-hydrogen) atoms. The molecule has 3 aromatic rings. The lowest BCUT2D eigenvalue weighted by atomic mass is 10.0. The quantitative estimate of drug-likeness (QED) is 0.0675. The zero-order valence-electron chi connectivity index (χ0n) is 21.5. The number of aromatic nitrogens is 1. The molecule has 0 saturated heterocycles. The summed E-state index contributed by atoms with van der Waals surface area (Å²) in [6, 6.07) is 16.1. The van der Waals surface area contributed by atoms with Gasteiger partial charge in [-0.3, -0.25) is 0 Å². The van der Waals surface area contributed by atoms with Crippen LogP contribution in [0.15, 0.2) is 53.7 Å². The molecular formula is C28H35ClN2O3S2. The van der Waals surface area contributed by atoms with Gasteiger partial charge in [0.05, 0.1) is 11.7 Å². The second-order valence-electron chi connectivity index (χ2n) is 8.36. The summed E-state index contributed by atoms with van der Waals surface area (Å²) in [5.41, 5.74) is 3.96. The number of halogens is 1. The summed E-state index contributed by atoms with van der Waals surface area (Å²) in [4.78, 5) is 17.4. The number of carbonyl (C=O) groups is 1. The smallest absolute Gasteiger partial charge is 0.360 e. The molecule has 0 aliphatic carbocycles. The lowest BCUT2D eigenvalue weighted by Gasteiger charge is -2.17. The zero-order chi connectivity index (χ0) is 25.9. The number of ether oxygens (including phenoxy) is 1. The lowest BCUT2D eigenvalue weighted by molar-refractivity contribution is -0.132. The highest BCUT2D eigenvalue weighted by atomic mass is 35.5. The van der Waals surface area contributed by atoms with E-state index in [1.54, 1.807) is 0 Å². The minimum Gasteiger partial charge on any atom is -0.464 e. The second-order valence-corrected chi connectivity index (χ2v) is 11.4. The molecule has 8 heteroatoms. The van der Waals surface area contributed by atoms with Gasteiger partial charge in [0.2, 0.25) is 0 Å². The van der Waals surface area contributed by atoms with Crippen molar-refractivity contribution in [2.75, 3.05) is 25.7 Å². The normalized spacial score (nSPS) is 11.9. The molecule has 0 fully saturated rings. The maximum atomic E-state index is 12.5. The van der Waals surface area contributed by atoms with E-state index in [4.69, 9.17) is 21.2 Å². The van der Waals surface area contributed by atoms with Gasteiger partial charge in [-0.15, -0.1) is 23.5 Å². The molecule has 5 nitrogen and oxygen atoms in total. The first-order valence-electron chi connectivity index (χ1n) is 12.3. The van der Waals surface area contributed by atoms with Crippen LogP contribution in [0.25, 0.3) is 10.9 Å². The molecule has 0 aliphatic rings. The predicted molar refractivity (Wildman–Crippen MR) is 156 cm³/mol. The topological polar surface area (TPSA) is 52.8 Å². The Bertz CT molecular complexity index is 1170. The van der Waals surface area contributed by atoms with Gasteiger partial charge in [0, 0.05) is 28.6 Å². The van der Waals surface area contributed by atoms with Crippen LogP contribution in [0.2, 0.25) is 5.15 Å². The van der Waals surface area contributed by atoms with E-state index in [1.165, 1.54) is 50.9 Å². The molecule has 194 valence electrons. The van der Waals surface area contributed by atoms with Crippen LogP contribution in [-0.4, -0.2) is 42.0 Å². The van der Waals surface area contributed by atoms with E-state index < -0.39 is 5.97 Å². The molecule has 0 N–H and O–H groups in total. The standard InChI is InChI=1S/C28H35ClN2O3S2/c1-5-7-17-35-28(36-18-8-6-2)24-22-15-11-12-16-23(22)31(26(24)29)19-20-13-9-10-14-21(20)25(30-34-4)27(32)33-3/h9-16,28H,5-8,17-19H2,1-4H3/b30-25+. The van der Waals surface area contributed by atoms with E-state index in [0.717, 1.165) is 27.7 Å². The molecule has 2 aromatic carbocycles. The highest BCUT2D eigenvalue weighted by Gasteiger charge is 2.25. The third-order valence-corrected chi connectivity index (χ3v) is 9.23. The monoisotopic (exact) mass is 546 g/mol. The van der Waals surface area contributed by atoms with Crippen LogP contribution in [-0.2, 0) is 20.9 Å². The van der Waals surface area contributed by atoms with Gasteiger partial charge in [0.1, 0.15) is 12.3 Å². The molecule has 0 atom stereocenters. The first-order chi connectivity index (χ1) is 17.6. The molecule has 0 spiro atoms. The summed E-state index contributed by atoms with van der Waals surface area (Å²) in [6.45, 7) is 4.94. The van der Waals surface area contributed by atoms with E-state index >= 15 is 0 Å². The number of unbranched alkanes of at least 4 members (excludes halogenated alkanes) is 2. The fraction of sp³-hybridized carbons (Fsp3) is 0.429. The van der Waals surface area contributed by atoms with E-state index in [9.17, 15) is 4.79 Å². The van der Waals surface area contributed by atoms with Crippen LogP contribution in [0.1, 0.15) is 60.8 Å². The first-order valence-corrected chi connectivity index (χ1v) is 14.8. The van der Waals surface area contributed by atoms with Gasteiger partial charge in [-0.25, -0.2) is 4.79 Å². The van der Waals surface area contributed by atoms with Crippen molar-refractivity contribution >= 4 is 57.7 Å². The van der Waals surface area contributed by atoms with Gasteiger partial charge in [-0.05, 0) is 36.0 Å². The number of hydrogen-bond acceptors (Lipinski definition) is 6. The fourth-order valence-electron chi connectivity index (χ4n) is 4.01. The number of esters is 1. The van der Waals surface area contributed by atoms with Crippen LogP contribution >= 0.6 is 35.1 Å². The third-order valence-electron chi connectivity index (χ3n) is 5.88. The van der Waals surface area contributed by atoms with Gasteiger partial charge >= 0.3 is 5.97 Å². The molecule has 0 unspecified atom stereocenters. The van der Waals surface area contributed by atoms with E-state index in [-0.39, 0.29) is 10.3 Å². The van der Waals surface area contributed by atoms with E-state index in [2.05, 4.69) is 41.8 Å². The van der Waals surface area contributed by atoms with Crippen molar-refractivity contribution in [2.24, 2.45) is 5.16 Å². The number of benzene rings is 2. The molecule has 1 heterocycles. The molecule has 0 amide bonds. The number of thioether (sulfide) groups is 2. The first kappa shape index (κ1) is 28.5. The van der Waals surface area contributed by atoms with Crippen LogP contribution in [0.3, 0.4) is 0 Å². The summed E-state index contributed by atoms with van der Waals surface area (Å²) < 4.78 is 7.36. The molecular weight excluding hydrogens is 512 g/mol. The van der Waals surface area contributed by atoms with Crippen LogP contribution in [0, 0.1) is 0 Å². The molecule has 1 aromatic heterocycles. The Morgan fingerprint density at radius 1 is 1.00 bits per heavy atom. The fourth-order valence-corrected chi connectivity index (χ4v) is 7.61. The summed E-state index contributed by atoms with van der Waals surface area (Å²) in [5.74, 6) is 1.66. The van der Waals surface area contributed by atoms with Crippen molar-refractivity contribution in [3.05, 3.63) is 70.4 Å². The van der Waals surface area contributed by atoms with Crippen LogP contribution < -0.4 is 0 Å². The predicted octanol–water partition coefficient (Wildman–Crippen LogP) is 7.93. The van der Waals surface area contributed by atoms with Crippen molar-refractivity contribution in [1.29, 1.82) is 0 Å². The minimum atomic E-state index is -0.548. The lowest BCUT2D eigenvalue weighted by Crippen LogP contribution is -2.20. The van der Waals surface area contributed by atoms with Gasteiger partial charge in [0.15, 0.2) is 5.71 Å². The summed E-state index contributed by atoms with van der Waals surface area (Å²) in [7, 11) is 2.76. The largest absolute Gasteiger partial charge is 0.464 e. The molecule has 0 aliphatic heterocycles. The Hall–Kier alpha value is -2.09. The number of fused-ring (bicyclic) bond motifs is 1. The van der Waals surface area contributed by atoms with Crippen molar-refractivity contribution in [1.82, 2.24) is 4.57 Å². The minimum absolute atomic E-state index is 0.131. The summed E-state index contributed by atoms with van der Waals surface area (Å²) >= 11 is 11.2. The van der Waals surface area contributed by atoms with Crippen molar-refractivity contribution in [3.63, 3.8) is 0 Å². The summed E-state index contributed by atoms with van der Waals surface area (Å²) in [6.07, 6.45) is 4.73. The summed E-state index contributed by atoms with van der Waals surface area (Å²) in [5, 5.41) is 5.88. The number of methoxy groups -OCH3 is 1. The SMILES string of the molecule is CCCCSC(SCCCC)c1c(Cl)n(Cc2ccccc2/C(=N\OC)C(=O)OC)c2ccccc12. The zero-order valence-corrected chi connectivity index (χ0v) is 23.8. The molecule has 3 rings (SSSR count). The number of rotatable bonds is 14. The average Bonchev–Trinajstić information content (AvgIpc) is 3.17. The maximum Gasteiger partial charge on any atom is 0.360 e. The Labute approximate surface area is 227 Å². The van der Waals surface area contributed by atoms with Gasteiger partial charge in [-0.2, -0.15) is 0 Å². The van der Waals surface area contributed by atoms with Gasteiger partial charge in [0.25, 0.3) is 0 Å². The van der Waals surface area contributed by atoms with Crippen LogP contribution in [0.5, 0.6) is 0 Å². The number of hydrogen-bond donors (Lipinski definition) is 0. The van der Waals surface area contributed by atoms with Crippen molar-refractivity contribution in [2.45, 2.75) is 50.7 Å². The molecule has 0 bridgehead atoms. The Balaban J connectivity index is 2.08. The van der Waals surface area contributed by atoms with E-state index in [1.807, 2.05) is 53.9 Å². The Morgan fingerprint density at radius 2 is 1.64 bits per heavy atom. The number of carbonyl (C=O) groups excluding carboxylic acids is 1. The number of para-hydroxylation sites is 1. The van der Waals surface area contributed by atoms with Crippen LogP contribution in [0.4, 0.5) is 0 Å². The number of nitrogens with zero attached hydrogens (tertiary/aromatic N) is 2. The molecule has 0 radical (unpaired) electrons. The maximum absolute atomic E-state index is 12.5. The molecule has 0 saturated carbocycles. The van der Waals surface area contributed by atoms with Gasteiger partial charge < -0.3 is 14.1 Å². The average molecular weight is 547 g/mol. The van der Waals surface area contributed by atoms with E-state index in [0.29, 0.717) is 12.1 Å². The third kappa shape index (κ3) is 6.81. The van der Waals surface area contributed by atoms with Gasteiger partial charge in [-0.1, -0.05) is 85.9 Å². The highest BCUT2D eigenvalue weighted by molar-refractivity contribution is 8.16. The van der Waals surface area contributed by atoms with Crippen molar-refractivity contribution in [3.8, 4) is 0 Å². The highest BCUT2D eigenvalue weighted by Crippen LogP contribution is 2.47. The Morgan fingerprint density at radius 3 is 2.28 bits per heavy atom. The van der Waals surface area contributed by atoms with Crippen molar-refractivity contribution < 1.29 is 14.4 Å². The Kier molecular flexibility index (Phi) is 11.5.